The molecule has 0 aliphatic rings. The van der Waals surface area contributed by atoms with Crippen LogP contribution in [0.1, 0.15) is 41.5 Å². The lowest BCUT2D eigenvalue weighted by atomic mass is 10.1. The fourth-order valence-corrected chi connectivity index (χ4v) is 2.37. The summed E-state index contributed by atoms with van der Waals surface area (Å²) in [6.07, 6.45) is 3.24. The Hall–Kier alpha value is -1.96. The lowest BCUT2D eigenvalue weighted by Gasteiger charge is -2.09. The normalized spacial score (nSPS) is 10.6. The Morgan fingerprint density at radius 3 is 1.39 bits per heavy atom. The first-order valence-corrected chi connectivity index (χ1v) is 8.46. The van der Waals surface area contributed by atoms with E-state index in [-0.39, 0.29) is 0 Å². The Morgan fingerprint density at radius 1 is 0.565 bits per heavy atom. The van der Waals surface area contributed by atoms with E-state index >= 15 is 0 Å². The Bertz CT molecular complexity index is 576. The molecular weight excluding hydrogens is 284 g/mol. The van der Waals surface area contributed by atoms with Crippen LogP contribution in [0.25, 0.3) is 0 Å². The fraction of sp³-hybridized carbons (Fsp3) is 0.429. The molecule has 2 rings (SSSR count). The highest BCUT2D eigenvalue weighted by molar-refractivity contribution is 5.34. The van der Waals surface area contributed by atoms with Gasteiger partial charge < -0.3 is 9.47 Å². The van der Waals surface area contributed by atoms with E-state index in [2.05, 4.69) is 52.0 Å². The zero-order chi connectivity index (χ0) is 16.7. The Morgan fingerprint density at radius 2 is 1.00 bits per heavy atom. The van der Waals surface area contributed by atoms with Gasteiger partial charge in [0, 0.05) is 0 Å². The van der Waals surface area contributed by atoms with Gasteiger partial charge in [-0.15, -0.1) is 0 Å². The number of rotatable bonds is 8. The Labute approximate surface area is 140 Å². The second-order valence-corrected chi connectivity index (χ2v) is 6.25. The lowest BCUT2D eigenvalue weighted by Crippen LogP contribution is -2.01. The van der Waals surface area contributed by atoms with Crippen molar-refractivity contribution in [3.8, 4) is 11.5 Å². The highest BCUT2D eigenvalue weighted by Gasteiger charge is 1.99. The smallest absolute Gasteiger partial charge is 0.119 e. The zero-order valence-electron chi connectivity index (χ0n) is 14.8. The van der Waals surface area contributed by atoms with Gasteiger partial charge in [-0.2, -0.15) is 0 Å². The molecule has 2 nitrogen and oxygen atoms in total. The van der Waals surface area contributed by atoms with Crippen LogP contribution in [0, 0.1) is 27.7 Å². The summed E-state index contributed by atoms with van der Waals surface area (Å²) in [5, 5.41) is 0. The molecule has 0 bridgehead atoms. The third kappa shape index (κ3) is 5.63. The van der Waals surface area contributed by atoms with E-state index in [0.717, 1.165) is 44.0 Å². The van der Waals surface area contributed by atoms with E-state index in [1.54, 1.807) is 0 Å². The number of ether oxygens (including phenoxy) is 2. The third-order valence-electron chi connectivity index (χ3n) is 4.28. The maximum atomic E-state index is 5.79. The van der Waals surface area contributed by atoms with Gasteiger partial charge in [0.1, 0.15) is 11.5 Å². The van der Waals surface area contributed by atoms with E-state index in [0.29, 0.717) is 0 Å². The van der Waals surface area contributed by atoms with E-state index in [9.17, 15) is 0 Å². The second-order valence-electron chi connectivity index (χ2n) is 6.25. The van der Waals surface area contributed by atoms with Crippen molar-refractivity contribution in [1.82, 2.24) is 0 Å². The molecule has 0 radical (unpaired) electrons. The SMILES string of the molecule is Cc1ccc(OCCCCCOc2ccc(C)c(C)c2)cc1C. The lowest BCUT2D eigenvalue weighted by molar-refractivity contribution is 0.279. The van der Waals surface area contributed by atoms with Crippen LogP contribution in [0.2, 0.25) is 0 Å². The molecule has 0 saturated heterocycles. The zero-order valence-corrected chi connectivity index (χ0v) is 14.8. The maximum Gasteiger partial charge on any atom is 0.119 e. The van der Waals surface area contributed by atoms with Gasteiger partial charge in [0.2, 0.25) is 0 Å². The molecule has 2 aromatic carbocycles. The first-order valence-electron chi connectivity index (χ1n) is 8.46. The van der Waals surface area contributed by atoms with Gasteiger partial charge in [0.15, 0.2) is 0 Å². The average molecular weight is 312 g/mol. The number of unbranched alkanes of at least 4 members (excludes halogenated alkanes) is 2. The molecule has 0 aromatic heterocycles. The van der Waals surface area contributed by atoms with Crippen molar-refractivity contribution in [2.45, 2.75) is 47.0 Å². The first-order chi connectivity index (χ1) is 11.1. The quantitative estimate of drug-likeness (QED) is 0.595. The molecule has 0 heterocycles. The molecule has 2 aromatic rings. The second kappa shape index (κ2) is 8.61. The minimum absolute atomic E-state index is 0.770. The predicted molar refractivity (Wildman–Crippen MR) is 96.7 cm³/mol. The largest absolute Gasteiger partial charge is 0.494 e. The molecular formula is C21H28O2. The van der Waals surface area contributed by atoms with Crippen LogP contribution in [0.4, 0.5) is 0 Å². The summed E-state index contributed by atoms with van der Waals surface area (Å²) in [7, 11) is 0. The summed E-state index contributed by atoms with van der Waals surface area (Å²) >= 11 is 0. The van der Waals surface area contributed by atoms with Crippen LogP contribution in [-0.2, 0) is 0 Å². The Kier molecular flexibility index (Phi) is 6.52. The van der Waals surface area contributed by atoms with Gasteiger partial charge in [0.25, 0.3) is 0 Å². The topological polar surface area (TPSA) is 18.5 Å². The third-order valence-corrected chi connectivity index (χ3v) is 4.28. The number of aryl methyl sites for hydroxylation is 4. The number of hydrogen-bond acceptors (Lipinski definition) is 2. The first kappa shape index (κ1) is 17.4. The molecule has 23 heavy (non-hydrogen) atoms. The summed E-state index contributed by atoms with van der Waals surface area (Å²) in [4.78, 5) is 0. The van der Waals surface area contributed by atoms with Crippen molar-refractivity contribution in [3.63, 3.8) is 0 Å². The highest BCUT2D eigenvalue weighted by Crippen LogP contribution is 2.18. The standard InChI is InChI=1S/C21H28O2/c1-16-8-10-20(14-18(16)3)22-12-6-5-7-13-23-21-11-9-17(2)19(4)15-21/h8-11,14-15H,5-7,12-13H2,1-4H3. The van der Waals surface area contributed by atoms with Gasteiger partial charge in [-0.05, 0) is 93.5 Å². The van der Waals surface area contributed by atoms with E-state index in [4.69, 9.17) is 9.47 Å². The summed E-state index contributed by atoms with van der Waals surface area (Å²) in [6, 6.07) is 12.5. The van der Waals surface area contributed by atoms with Gasteiger partial charge >= 0.3 is 0 Å². The molecule has 124 valence electrons. The van der Waals surface area contributed by atoms with Crippen molar-refractivity contribution in [2.24, 2.45) is 0 Å². The Balaban J connectivity index is 1.58. The molecule has 0 amide bonds. The minimum atomic E-state index is 0.770. The maximum absolute atomic E-state index is 5.79. The molecule has 0 unspecified atom stereocenters. The van der Waals surface area contributed by atoms with Crippen LogP contribution in [0.3, 0.4) is 0 Å². The summed E-state index contributed by atoms with van der Waals surface area (Å²) in [5.74, 6) is 1.94. The van der Waals surface area contributed by atoms with Crippen LogP contribution < -0.4 is 9.47 Å². The van der Waals surface area contributed by atoms with Crippen LogP contribution in [0.15, 0.2) is 36.4 Å². The van der Waals surface area contributed by atoms with Gasteiger partial charge in [-0.25, -0.2) is 0 Å². The number of hydrogen-bond donors (Lipinski definition) is 0. The predicted octanol–water partition coefficient (Wildman–Crippen LogP) is 5.55. The van der Waals surface area contributed by atoms with Crippen molar-refractivity contribution in [1.29, 1.82) is 0 Å². The molecule has 0 atom stereocenters. The fourth-order valence-electron chi connectivity index (χ4n) is 2.37. The summed E-state index contributed by atoms with van der Waals surface area (Å²) in [5.41, 5.74) is 5.18. The van der Waals surface area contributed by atoms with Crippen LogP contribution in [-0.4, -0.2) is 13.2 Å². The molecule has 0 saturated carbocycles. The number of benzene rings is 2. The molecule has 2 heteroatoms. The summed E-state index contributed by atoms with van der Waals surface area (Å²) < 4.78 is 11.6. The average Bonchev–Trinajstić information content (AvgIpc) is 2.53. The van der Waals surface area contributed by atoms with E-state index in [1.807, 2.05) is 12.1 Å². The van der Waals surface area contributed by atoms with Crippen molar-refractivity contribution < 1.29 is 9.47 Å². The van der Waals surface area contributed by atoms with Crippen molar-refractivity contribution in [3.05, 3.63) is 58.7 Å². The van der Waals surface area contributed by atoms with Crippen LogP contribution >= 0.6 is 0 Å². The highest BCUT2D eigenvalue weighted by atomic mass is 16.5. The molecule has 0 aliphatic carbocycles. The molecule has 0 N–H and O–H groups in total. The van der Waals surface area contributed by atoms with Gasteiger partial charge in [-0.1, -0.05) is 12.1 Å². The van der Waals surface area contributed by atoms with E-state index < -0.39 is 0 Å². The van der Waals surface area contributed by atoms with E-state index in [1.165, 1.54) is 22.3 Å². The monoisotopic (exact) mass is 312 g/mol. The van der Waals surface area contributed by atoms with Crippen molar-refractivity contribution >= 4 is 0 Å². The summed E-state index contributed by atoms with van der Waals surface area (Å²) in [6.45, 7) is 10.0. The molecule has 0 aliphatic heterocycles. The molecule has 0 spiro atoms. The molecule has 0 fully saturated rings. The van der Waals surface area contributed by atoms with Crippen LogP contribution in [0.5, 0.6) is 11.5 Å². The van der Waals surface area contributed by atoms with Gasteiger partial charge in [-0.3, -0.25) is 0 Å². The van der Waals surface area contributed by atoms with Gasteiger partial charge in [0.05, 0.1) is 13.2 Å². The van der Waals surface area contributed by atoms with Crippen molar-refractivity contribution in [2.75, 3.05) is 13.2 Å². The minimum Gasteiger partial charge on any atom is -0.494 e.